The largest absolute Gasteiger partial charge is 0.444 e. The second-order valence-electron chi connectivity index (χ2n) is 9.50. The molecule has 0 saturated carbocycles. The number of carbonyl (C=O) groups excluding carboxylic acids is 2. The van der Waals surface area contributed by atoms with Crippen molar-refractivity contribution >= 4 is 12.2 Å². The number of quaternary nitrogens is 1. The van der Waals surface area contributed by atoms with Gasteiger partial charge in [0.1, 0.15) is 11.2 Å². The van der Waals surface area contributed by atoms with E-state index in [1.165, 1.54) is 0 Å². The number of rotatable bonds is 11. The van der Waals surface area contributed by atoms with Gasteiger partial charge >= 0.3 is 12.2 Å². The van der Waals surface area contributed by atoms with Crippen molar-refractivity contribution in [3.8, 4) is 0 Å². The highest BCUT2D eigenvalue weighted by Gasteiger charge is 2.22. The van der Waals surface area contributed by atoms with Crippen LogP contribution in [0.5, 0.6) is 0 Å². The number of amides is 2. The summed E-state index contributed by atoms with van der Waals surface area (Å²) in [6, 6.07) is 0. The Morgan fingerprint density at radius 3 is 1.46 bits per heavy atom. The van der Waals surface area contributed by atoms with Crippen LogP contribution in [0.1, 0.15) is 60.8 Å². The van der Waals surface area contributed by atoms with Crippen LogP contribution in [0.4, 0.5) is 9.59 Å². The van der Waals surface area contributed by atoms with Gasteiger partial charge in [0.2, 0.25) is 0 Å². The highest BCUT2D eigenvalue weighted by atomic mass is 16.6. The molecule has 0 aromatic carbocycles. The van der Waals surface area contributed by atoms with Crippen LogP contribution in [-0.2, 0) is 9.47 Å². The lowest BCUT2D eigenvalue weighted by Gasteiger charge is -2.35. The van der Waals surface area contributed by atoms with Gasteiger partial charge in [-0.05, 0) is 48.1 Å². The zero-order chi connectivity index (χ0) is 21.8. The summed E-state index contributed by atoms with van der Waals surface area (Å²) in [5.74, 6) is 0. The summed E-state index contributed by atoms with van der Waals surface area (Å²) in [6.07, 6.45) is 1.87. The van der Waals surface area contributed by atoms with Gasteiger partial charge in [0.25, 0.3) is 0 Å². The molecule has 0 aromatic heterocycles. The van der Waals surface area contributed by atoms with Crippen LogP contribution in [0, 0.1) is 0 Å². The minimum atomic E-state index is -0.489. The number of nitrogens with two attached hydrogens (primary N) is 1. The first kappa shape index (κ1) is 26.5. The Morgan fingerprint density at radius 2 is 1.14 bits per heavy atom. The van der Waals surface area contributed by atoms with Crippen LogP contribution in [-0.4, -0.2) is 74.2 Å². The SMILES string of the molecule is CC(C)(C)OC(=O)NCCC[N+](C)(CCCN)CCCNC(=O)OC(C)(C)C. The van der Waals surface area contributed by atoms with E-state index in [0.29, 0.717) is 19.6 Å². The second-order valence-corrected chi connectivity index (χ2v) is 9.50. The quantitative estimate of drug-likeness (QED) is 0.363. The van der Waals surface area contributed by atoms with Crippen molar-refractivity contribution in [3.05, 3.63) is 0 Å². The van der Waals surface area contributed by atoms with Crippen molar-refractivity contribution in [1.29, 1.82) is 0 Å². The van der Waals surface area contributed by atoms with Crippen molar-refractivity contribution in [2.24, 2.45) is 5.73 Å². The van der Waals surface area contributed by atoms with Gasteiger partial charge in [0.05, 0.1) is 26.7 Å². The normalized spacial score (nSPS) is 12.4. The molecule has 8 heteroatoms. The van der Waals surface area contributed by atoms with Gasteiger partial charge < -0.3 is 30.3 Å². The second kappa shape index (κ2) is 12.1. The van der Waals surface area contributed by atoms with Gasteiger partial charge in [0, 0.05) is 32.4 Å². The minimum absolute atomic E-state index is 0.384. The molecular weight excluding hydrogens is 360 g/mol. The van der Waals surface area contributed by atoms with E-state index < -0.39 is 11.2 Å². The first-order valence-electron chi connectivity index (χ1n) is 10.2. The van der Waals surface area contributed by atoms with Gasteiger partial charge in [0.15, 0.2) is 0 Å². The summed E-state index contributed by atoms with van der Waals surface area (Å²) in [5, 5.41) is 5.60. The molecule has 0 atom stereocenters. The number of hydrogen-bond donors (Lipinski definition) is 3. The fraction of sp³-hybridized carbons (Fsp3) is 0.900. The standard InChI is InChI=1S/C20H42N4O4/c1-19(2,3)27-17(25)22-12-9-15-24(7,14-8-11-21)16-10-13-23-18(26)28-20(4,5)6/h8-16,21H2,1-7H3,(H-,22,23,25,26)/p+1. The molecule has 28 heavy (non-hydrogen) atoms. The molecule has 0 unspecified atom stereocenters. The van der Waals surface area contributed by atoms with Crippen LogP contribution < -0.4 is 16.4 Å². The molecule has 8 nitrogen and oxygen atoms in total. The van der Waals surface area contributed by atoms with Gasteiger partial charge in [-0.2, -0.15) is 0 Å². The fourth-order valence-corrected chi connectivity index (χ4v) is 2.74. The van der Waals surface area contributed by atoms with Crippen molar-refractivity contribution in [2.75, 3.05) is 46.3 Å². The third-order valence-electron chi connectivity index (χ3n) is 3.99. The molecule has 0 aromatic rings. The van der Waals surface area contributed by atoms with Gasteiger partial charge in [-0.25, -0.2) is 9.59 Å². The summed E-state index contributed by atoms with van der Waals surface area (Å²) < 4.78 is 11.3. The average molecular weight is 404 g/mol. The molecule has 2 amide bonds. The average Bonchev–Trinajstić information content (AvgIpc) is 2.51. The molecule has 0 aliphatic rings. The van der Waals surface area contributed by atoms with Crippen molar-refractivity contribution in [1.82, 2.24) is 10.6 Å². The van der Waals surface area contributed by atoms with Crippen molar-refractivity contribution < 1.29 is 23.5 Å². The maximum absolute atomic E-state index is 11.7. The van der Waals surface area contributed by atoms with Crippen LogP contribution >= 0.6 is 0 Å². The molecule has 0 radical (unpaired) electrons. The molecule has 0 bridgehead atoms. The maximum atomic E-state index is 11.7. The lowest BCUT2D eigenvalue weighted by atomic mass is 10.2. The van der Waals surface area contributed by atoms with Gasteiger partial charge in [-0.15, -0.1) is 0 Å². The van der Waals surface area contributed by atoms with Crippen LogP contribution in [0.2, 0.25) is 0 Å². The summed E-state index contributed by atoms with van der Waals surface area (Å²) >= 11 is 0. The monoisotopic (exact) mass is 403 g/mol. The number of ether oxygens (including phenoxy) is 2. The molecule has 0 heterocycles. The molecular formula is C20H43N4O4+. The smallest absolute Gasteiger partial charge is 0.407 e. The van der Waals surface area contributed by atoms with Gasteiger partial charge in [-0.3, -0.25) is 0 Å². The molecule has 0 rings (SSSR count). The number of nitrogens with zero attached hydrogens (tertiary/aromatic N) is 1. The number of nitrogens with one attached hydrogen (secondary N) is 2. The van der Waals surface area contributed by atoms with Crippen molar-refractivity contribution in [3.63, 3.8) is 0 Å². The molecule has 0 saturated heterocycles. The highest BCUT2D eigenvalue weighted by Crippen LogP contribution is 2.09. The number of alkyl carbamates (subject to hydrolysis) is 2. The number of hydrogen-bond acceptors (Lipinski definition) is 5. The van der Waals surface area contributed by atoms with E-state index >= 15 is 0 Å². The first-order valence-corrected chi connectivity index (χ1v) is 10.2. The predicted molar refractivity (Wildman–Crippen MR) is 112 cm³/mol. The lowest BCUT2D eigenvalue weighted by Crippen LogP contribution is -2.48. The minimum Gasteiger partial charge on any atom is -0.444 e. The first-order chi connectivity index (χ1) is 12.8. The van der Waals surface area contributed by atoms with E-state index in [9.17, 15) is 9.59 Å². The zero-order valence-corrected chi connectivity index (χ0v) is 19.0. The van der Waals surface area contributed by atoms with Crippen LogP contribution in [0.3, 0.4) is 0 Å². The van der Waals surface area contributed by atoms with E-state index in [1.54, 1.807) is 0 Å². The molecule has 0 aliphatic heterocycles. The third kappa shape index (κ3) is 15.5. The Morgan fingerprint density at radius 1 is 0.786 bits per heavy atom. The highest BCUT2D eigenvalue weighted by molar-refractivity contribution is 5.67. The molecule has 0 aliphatic carbocycles. The molecule has 166 valence electrons. The maximum Gasteiger partial charge on any atom is 0.407 e. The van der Waals surface area contributed by atoms with Gasteiger partial charge in [-0.1, -0.05) is 0 Å². The molecule has 0 spiro atoms. The lowest BCUT2D eigenvalue weighted by molar-refractivity contribution is -0.909. The van der Waals surface area contributed by atoms with E-state index in [-0.39, 0.29) is 12.2 Å². The zero-order valence-electron chi connectivity index (χ0n) is 19.0. The summed E-state index contributed by atoms with van der Waals surface area (Å²) in [4.78, 5) is 23.4. The Kier molecular flexibility index (Phi) is 11.4. The topological polar surface area (TPSA) is 103 Å². The Hall–Kier alpha value is -1.54. The van der Waals surface area contributed by atoms with E-state index in [1.807, 2.05) is 41.5 Å². The number of carbonyl (C=O) groups is 2. The van der Waals surface area contributed by atoms with E-state index in [0.717, 1.165) is 43.4 Å². The predicted octanol–water partition coefficient (Wildman–Crippen LogP) is 2.61. The van der Waals surface area contributed by atoms with E-state index in [4.69, 9.17) is 15.2 Å². The summed E-state index contributed by atoms with van der Waals surface area (Å²) in [5.41, 5.74) is 4.71. The van der Waals surface area contributed by atoms with E-state index in [2.05, 4.69) is 17.7 Å². The van der Waals surface area contributed by atoms with Crippen LogP contribution in [0.15, 0.2) is 0 Å². The Bertz CT molecular complexity index is 434. The Labute approximate surface area is 171 Å². The molecule has 4 N–H and O–H groups in total. The summed E-state index contributed by atoms with van der Waals surface area (Å²) in [6.45, 7) is 15.7. The molecule has 0 fully saturated rings. The van der Waals surface area contributed by atoms with Crippen molar-refractivity contribution in [2.45, 2.75) is 72.0 Å². The summed E-state index contributed by atoms with van der Waals surface area (Å²) in [7, 11) is 2.19. The Balaban J connectivity index is 4.27. The fourth-order valence-electron chi connectivity index (χ4n) is 2.74. The third-order valence-corrected chi connectivity index (χ3v) is 3.99. The van der Waals surface area contributed by atoms with Crippen LogP contribution in [0.25, 0.3) is 0 Å².